The molecule has 2 rings (SSSR count). The van der Waals surface area contributed by atoms with Crippen LogP contribution < -0.4 is 5.32 Å². The van der Waals surface area contributed by atoms with Crippen molar-refractivity contribution >= 4 is 11.8 Å². The molecule has 0 radical (unpaired) electrons. The molecule has 0 saturated carbocycles. The van der Waals surface area contributed by atoms with Crippen molar-refractivity contribution in [3.8, 4) is 0 Å². The van der Waals surface area contributed by atoms with E-state index in [2.05, 4.69) is 30.1 Å². The van der Waals surface area contributed by atoms with Gasteiger partial charge in [0.1, 0.15) is 0 Å². The standard InChI is InChI=1S/C14H25NS/c1-2-15-14(13-10-7-11-16-13)12-8-5-3-4-6-9-12/h8,13-15H,2-7,9-11H2,1H3. The van der Waals surface area contributed by atoms with Gasteiger partial charge in [0.05, 0.1) is 0 Å². The molecule has 1 aliphatic heterocycles. The van der Waals surface area contributed by atoms with Crippen molar-refractivity contribution in [3.05, 3.63) is 11.6 Å². The van der Waals surface area contributed by atoms with E-state index in [9.17, 15) is 0 Å². The lowest BCUT2D eigenvalue weighted by molar-refractivity contribution is 0.534. The first kappa shape index (κ1) is 12.5. The van der Waals surface area contributed by atoms with Crippen LogP contribution in [0.4, 0.5) is 0 Å². The lowest BCUT2D eigenvalue weighted by Crippen LogP contribution is -2.38. The number of nitrogens with one attached hydrogen (secondary N) is 1. The van der Waals surface area contributed by atoms with E-state index in [-0.39, 0.29) is 0 Å². The fourth-order valence-electron chi connectivity index (χ4n) is 2.91. The molecular formula is C14H25NS. The van der Waals surface area contributed by atoms with Gasteiger partial charge in [-0.15, -0.1) is 0 Å². The number of allylic oxidation sites excluding steroid dienone is 1. The van der Waals surface area contributed by atoms with Crippen LogP contribution in [0.2, 0.25) is 0 Å². The topological polar surface area (TPSA) is 12.0 Å². The van der Waals surface area contributed by atoms with Gasteiger partial charge in [-0.3, -0.25) is 0 Å². The van der Waals surface area contributed by atoms with Crippen LogP contribution in [-0.2, 0) is 0 Å². The second kappa shape index (κ2) is 6.70. The van der Waals surface area contributed by atoms with Gasteiger partial charge in [0.25, 0.3) is 0 Å². The highest BCUT2D eigenvalue weighted by Gasteiger charge is 2.27. The molecule has 0 aromatic rings. The number of likely N-dealkylation sites (N-methyl/N-ethyl adjacent to an activating group) is 1. The molecule has 1 N–H and O–H groups in total. The minimum Gasteiger partial charge on any atom is -0.310 e. The molecule has 2 heteroatoms. The fourth-order valence-corrected chi connectivity index (χ4v) is 4.34. The van der Waals surface area contributed by atoms with Crippen molar-refractivity contribution in [2.45, 2.75) is 63.2 Å². The van der Waals surface area contributed by atoms with Gasteiger partial charge in [0, 0.05) is 11.3 Å². The highest BCUT2D eigenvalue weighted by Crippen LogP contribution is 2.33. The zero-order valence-corrected chi connectivity index (χ0v) is 11.3. The third-order valence-corrected chi connectivity index (χ3v) is 5.20. The van der Waals surface area contributed by atoms with E-state index in [0.717, 1.165) is 11.8 Å². The fraction of sp³-hybridized carbons (Fsp3) is 0.857. The van der Waals surface area contributed by atoms with Crippen LogP contribution in [0.1, 0.15) is 51.9 Å². The van der Waals surface area contributed by atoms with E-state index in [1.165, 1.54) is 50.7 Å². The number of hydrogen-bond acceptors (Lipinski definition) is 2. The smallest absolute Gasteiger partial charge is 0.0399 e. The first-order chi connectivity index (χ1) is 7.92. The maximum absolute atomic E-state index is 3.73. The molecule has 2 unspecified atom stereocenters. The maximum Gasteiger partial charge on any atom is 0.0399 e. The van der Waals surface area contributed by atoms with Crippen molar-refractivity contribution in [1.82, 2.24) is 5.32 Å². The summed E-state index contributed by atoms with van der Waals surface area (Å²) in [4.78, 5) is 0. The summed E-state index contributed by atoms with van der Waals surface area (Å²) in [5.41, 5.74) is 1.72. The third kappa shape index (κ3) is 3.27. The summed E-state index contributed by atoms with van der Waals surface area (Å²) >= 11 is 2.19. The SMILES string of the molecule is CCNC(C1=CCCCCC1)C1CCCS1. The van der Waals surface area contributed by atoms with Gasteiger partial charge in [-0.2, -0.15) is 11.8 Å². The molecular weight excluding hydrogens is 214 g/mol. The Kier molecular flexibility index (Phi) is 5.24. The van der Waals surface area contributed by atoms with Gasteiger partial charge in [0.2, 0.25) is 0 Å². The summed E-state index contributed by atoms with van der Waals surface area (Å²) in [7, 11) is 0. The lowest BCUT2D eigenvalue weighted by atomic mass is 9.97. The Morgan fingerprint density at radius 3 is 3.06 bits per heavy atom. The van der Waals surface area contributed by atoms with Gasteiger partial charge >= 0.3 is 0 Å². The molecule has 0 aromatic heterocycles. The molecule has 0 spiro atoms. The maximum atomic E-state index is 3.73. The largest absolute Gasteiger partial charge is 0.310 e. The molecule has 1 saturated heterocycles. The Hall–Kier alpha value is 0.0500. The summed E-state index contributed by atoms with van der Waals surface area (Å²) < 4.78 is 0. The predicted octanol–water partition coefficient (Wildman–Crippen LogP) is 3.75. The molecule has 1 aliphatic carbocycles. The molecule has 16 heavy (non-hydrogen) atoms. The van der Waals surface area contributed by atoms with Crippen molar-refractivity contribution in [2.75, 3.05) is 12.3 Å². The first-order valence-electron chi connectivity index (χ1n) is 6.95. The Labute approximate surface area is 104 Å². The van der Waals surface area contributed by atoms with Crippen LogP contribution in [0.25, 0.3) is 0 Å². The van der Waals surface area contributed by atoms with Crippen molar-refractivity contribution in [3.63, 3.8) is 0 Å². The molecule has 0 amide bonds. The number of thioether (sulfide) groups is 1. The summed E-state index contributed by atoms with van der Waals surface area (Å²) in [5.74, 6) is 1.37. The predicted molar refractivity (Wildman–Crippen MR) is 74.1 cm³/mol. The Morgan fingerprint density at radius 2 is 2.31 bits per heavy atom. The van der Waals surface area contributed by atoms with Gasteiger partial charge in [-0.1, -0.05) is 25.0 Å². The lowest BCUT2D eigenvalue weighted by Gasteiger charge is -2.26. The van der Waals surface area contributed by atoms with Gasteiger partial charge in [-0.05, 0) is 50.8 Å². The minimum absolute atomic E-state index is 0.676. The summed E-state index contributed by atoms with van der Waals surface area (Å²) in [6, 6.07) is 0.676. The van der Waals surface area contributed by atoms with Crippen LogP contribution in [0.3, 0.4) is 0 Å². The molecule has 0 bridgehead atoms. The van der Waals surface area contributed by atoms with E-state index >= 15 is 0 Å². The summed E-state index contributed by atoms with van der Waals surface area (Å²) in [6.07, 6.45) is 12.3. The third-order valence-electron chi connectivity index (χ3n) is 3.74. The van der Waals surface area contributed by atoms with E-state index < -0.39 is 0 Å². The van der Waals surface area contributed by atoms with Crippen LogP contribution in [0.15, 0.2) is 11.6 Å². The Balaban J connectivity index is 2.01. The average molecular weight is 239 g/mol. The van der Waals surface area contributed by atoms with Gasteiger partial charge in [0.15, 0.2) is 0 Å². The zero-order chi connectivity index (χ0) is 11.2. The quantitative estimate of drug-likeness (QED) is 0.750. The highest BCUT2D eigenvalue weighted by molar-refractivity contribution is 8.00. The molecule has 0 aromatic carbocycles. The monoisotopic (exact) mass is 239 g/mol. The average Bonchev–Trinajstić information content (AvgIpc) is 2.69. The van der Waals surface area contributed by atoms with Gasteiger partial charge in [-0.25, -0.2) is 0 Å². The second-order valence-electron chi connectivity index (χ2n) is 4.97. The van der Waals surface area contributed by atoms with E-state index in [0.29, 0.717) is 6.04 Å². The van der Waals surface area contributed by atoms with Crippen molar-refractivity contribution < 1.29 is 0 Å². The first-order valence-corrected chi connectivity index (χ1v) is 8.00. The molecule has 92 valence electrons. The zero-order valence-electron chi connectivity index (χ0n) is 10.5. The van der Waals surface area contributed by atoms with Crippen LogP contribution in [-0.4, -0.2) is 23.6 Å². The minimum atomic E-state index is 0.676. The second-order valence-corrected chi connectivity index (χ2v) is 6.31. The highest BCUT2D eigenvalue weighted by atomic mass is 32.2. The van der Waals surface area contributed by atoms with E-state index in [4.69, 9.17) is 0 Å². The van der Waals surface area contributed by atoms with Gasteiger partial charge < -0.3 is 5.32 Å². The van der Waals surface area contributed by atoms with Crippen LogP contribution in [0, 0.1) is 0 Å². The molecule has 2 aliphatic rings. The van der Waals surface area contributed by atoms with Crippen molar-refractivity contribution in [1.29, 1.82) is 0 Å². The number of rotatable bonds is 4. The van der Waals surface area contributed by atoms with Crippen LogP contribution in [0.5, 0.6) is 0 Å². The van der Waals surface area contributed by atoms with Crippen LogP contribution >= 0.6 is 11.8 Å². The molecule has 2 atom stereocenters. The van der Waals surface area contributed by atoms with Crippen molar-refractivity contribution in [2.24, 2.45) is 0 Å². The molecule has 1 fully saturated rings. The number of hydrogen-bond donors (Lipinski definition) is 1. The Morgan fingerprint density at radius 1 is 1.38 bits per heavy atom. The molecule has 1 nitrogen and oxygen atoms in total. The molecule has 1 heterocycles. The van der Waals surface area contributed by atoms with E-state index in [1.54, 1.807) is 5.57 Å². The summed E-state index contributed by atoms with van der Waals surface area (Å²) in [5, 5.41) is 4.58. The Bertz CT molecular complexity index is 231. The van der Waals surface area contributed by atoms with E-state index in [1.807, 2.05) is 0 Å². The normalized spacial score (nSPS) is 28.6. The summed E-state index contributed by atoms with van der Waals surface area (Å²) in [6.45, 7) is 3.35.